The van der Waals surface area contributed by atoms with Crippen molar-refractivity contribution in [2.75, 3.05) is 0 Å². The summed E-state index contributed by atoms with van der Waals surface area (Å²) in [5.41, 5.74) is 5.00. The fourth-order valence-corrected chi connectivity index (χ4v) is 3.01. The number of hydrogen-bond acceptors (Lipinski definition) is 3. The number of rotatable bonds is 4. The predicted molar refractivity (Wildman–Crippen MR) is 93.0 cm³/mol. The molecule has 0 spiro atoms. The summed E-state index contributed by atoms with van der Waals surface area (Å²) in [6.45, 7) is 9.69. The molecule has 2 heterocycles. The summed E-state index contributed by atoms with van der Waals surface area (Å²) in [5.74, 6) is 0. The maximum atomic E-state index is 12.2. The number of aromatic amines is 1. The van der Waals surface area contributed by atoms with Crippen LogP contribution in [0, 0.1) is 27.7 Å². The van der Waals surface area contributed by atoms with E-state index in [1.54, 1.807) is 4.68 Å². The van der Waals surface area contributed by atoms with Gasteiger partial charge in [-0.2, -0.15) is 5.10 Å². The summed E-state index contributed by atoms with van der Waals surface area (Å²) in [5, 5.41) is 10.0. The van der Waals surface area contributed by atoms with Gasteiger partial charge in [0, 0.05) is 29.6 Å². The fourth-order valence-electron chi connectivity index (χ4n) is 3.01. The minimum atomic E-state index is -0.315. The smallest absolute Gasteiger partial charge is 0.315 e. The Morgan fingerprint density at radius 1 is 1.33 bits per heavy atom. The Morgan fingerprint density at radius 3 is 2.54 bits per heavy atom. The molecule has 0 aliphatic heterocycles. The van der Waals surface area contributed by atoms with Gasteiger partial charge in [-0.25, -0.2) is 4.79 Å². The lowest BCUT2D eigenvalue weighted by Gasteiger charge is -2.16. The topological polar surface area (TPSA) is 91.8 Å². The lowest BCUT2D eigenvalue weighted by molar-refractivity contribution is 0.237. The Balaban J connectivity index is 2.03. The number of aromatic nitrogens is 3. The van der Waals surface area contributed by atoms with Crippen molar-refractivity contribution in [1.82, 2.24) is 25.4 Å². The minimum Gasteiger partial charge on any atom is -0.334 e. The van der Waals surface area contributed by atoms with Crippen LogP contribution < -0.4 is 16.2 Å². The molecule has 2 aromatic rings. The van der Waals surface area contributed by atoms with Crippen LogP contribution in [0.15, 0.2) is 10.9 Å². The Kier molecular flexibility index (Phi) is 5.11. The molecule has 7 nitrogen and oxygen atoms in total. The van der Waals surface area contributed by atoms with E-state index in [0.29, 0.717) is 5.56 Å². The van der Waals surface area contributed by atoms with Gasteiger partial charge in [-0.3, -0.25) is 9.48 Å². The second kappa shape index (κ2) is 6.90. The highest BCUT2D eigenvalue weighted by atomic mass is 16.2. The lowest BCUT2D eigenvalue weighted by Crippen LogP contribution is -2.38. The predicted octanol–water partition coefficient (Wildman–Crippen LogP) is 1.90. The van der Waals surface area contributed by atoms with Gasteiger partial charge in [0.1, 0.15) is 0 Å². The molecule has 0 radical (unpaired) electrons. The molecule has 0 unspecified atom stereocenters. The average Bonchev–Trinajstić information content (AvgIpc) is 2.70. The zero-order chi connectivity index (χ0) is 18.0. The van der Waals surface area contributed by atoms with Crippen LogP contribution in [0.2, 0.25) is 0 Å². The zero-order valence-corrected chi connectivity index (χ0v) is 15.1. The van der Waals surface area contributed by atoms with E-state index in [-0.39, 0.29) is 24.2 Å². The number of carbonyl (C=O) groups excluding carboxylic acids is 1. The molecule has 7 heteroatoms. The van der Waals surface area contributed by atoms with Crippen molar-refractivity contribution < 1.29 is 4.79 Å². The third-order valence-electron chi connectivity index (χ3n) is 4.27. The largest absolute Gasteiger partial charge is 0.334 e. The van der Waals surface area contributed by atoms with E-state index in [0.717, 1.165) is 28.2 Å². The Hall–Kier alpha value is -2.57. The molecular weight excluding hydrogens is 306 g/mol. The molecule has 2 amide bonds. The van der Waals surface area contributed by atoms with E-state index in [9.17, 15) is 9.59 Å². The van der Waals surface area contributed by atoms with Gasteiger partial charge in [0.15, 0.2) is 0 Å². The standard InChI is InChI=1S/C17H25N5O2/c1-9-7-10(2)19-16(23)14(9)8-18-17(24)20-11(3)15-12(4)21-22(6)13(15)5/h7,11H,8H2,1-6H3,(H,19,23)(H2,18,20,24)/t11-/m0/s1. The number of aryl methyl sites for hydroxylation is 4. The maximum Gasteiger partial charge on any atom is 0.315 e. The molecule has 1 atom stereocenters. The van der Waals surface area contributed by atoms with Gasteiger partial charge in [0.25, 0.3) is 5.56 Å². The lowest BCUT2D eigenvalue weighted by atomic mass is 10.1. The van der Waals surface area contributed by atoms with Gasteiger partial charge in [0.05, 0.1) is 18.3 Å². The van der Waals surface area contributed by atoms with Gasteiger partial charge in [0.2, 0.25) is 0 Å². The summed E-state index contributed by atoms with van der Waals surface area (Å²) in [6.07, 6.45) is 0. The first-order chi connectivity index (χ1) is 11.2. The molecule has 0 bridgehead atoms. The Labute approximate surface area is 141 Å². The highest BCUT2D eigenvalue weighted by molar-refractivity contribution is 5.74. The SMILES string of the molecule is Cc1cc(C)c(CNC(=O)N[C@@H](C)c2c(C)nn(C)c2C)c(=O)[nH]1. The summed E-state index contributed by atoms with van der Waals surface area (Å²) < 4.78 is 1.80. The summed E-state index contributed by atoms with van der Waals surface area (Å²) in [7, 11) is 1.88. The second-order valence-electron chi connectivity index (χ2n) is 6.20. The molecule has 0 saturated carbocycles. The number of carbonyl (C=O) groups is 1. The van der Waals surface area contributed by atoms with E-state index < -0.39 is 0 Å². The van der Waals surface area contributed by atoms with Crippen molar-refractivity contribution in [3.63, 3.8) is 0 Å². The summed E-state index contributed by atoms with van der Waals surface area (Å²) >= 11 is 0. The first-order valence-electron chi connectivity index (χ1n) is 7.94. The van der Waals surface area contributed by atoms with Gasteiger partial charge >= 0.3 is 6.03 Å². The van der Waals surface area contributed by atoms with Gasteiger partial charge in [-0.05, 0) is 46.2 Å². The van der Waals surface area contributed by atoms with Crippen LogP contribution in [0.1, 0.15) is 46.7 Å². The molecule has 24 heavy (non-hydrogen) atoms. The monoisotopic (exact) mass is 331 g/mol. The quantitative estimate of drug-likeness (QED) is 0.799. The fraction of sp³-hybridized carbons (Fsp3) is 0.471. The highest BCUT2D eigenvalue weighted by Gasteiger charge is 2.18. The normalized spacial score (nSPS) is 12.1. The van der Waals surface area contributed by atoms with Crippen LogP contribution in [0.4, 0.5) is 4.79 Å². The Bertz CT molecular complexity index is 819. The third kappa shape index (κ3) is 3.67. The number of H-pyrrole nitrogens is 1. The van der Waals surface area contributed by atoms with Crippen molar-refractivity contribution in [2.24, 2.45) is 7.05 Å². The van der Waals surface area contributed by atoms with E-state index in [4.69, 9.17) is 0 Å². The minimum absolute atomic E-state index is 0.167. The molecule has 0 aliphatic rings. The third-order valence-corrected chi connectivity index (χ3v) is 4.27. The van der Waals surface area contributed by atoms with Gasteiger partial charge in [-0.15, -0.1) is 0 Å². The number of amides is 2. The molecule has 0 fully saturated rings. The van der Waals surface area contributed by atoms with Crippen LogP contribution >= 0.6 is 0 Å². The zero-order valence-electron chi connectivity index (χ0n) is 15.1. The number of hydrogen-bond donors (Lipinski definition) is 3. The number of pyridine rings is 1. The maximum absolute atomic E-state index is 12.2. The van der Waals surface area contributed by atoms with Crippen molar-refractivity contribution in [2.45, 2.75) is 47.2 Å². The molecule has 0 aromatic carbocycles. The molecule has 2 rings (SSSR count). The van der Waals surface area contributed by atoms with Crippen molar-refractivity contribution >= 4 is 6.03 Å². The molecule has 130 valence electrons. The first kappa shape index (κ1) is 17.8. The van der Waals surface area contributed by atoms with Crippen molar-refractivity contribution in [1.29, 1.82) is 0 Å². The van der Waals surface area contributed by atoms with Crippen LogP contribution in [-0.4, -0.2) is 20.8 Å². The van der Waals surface area contributed by atoms with Crippen LogP contribution in [0.5, 0.6) is 0 Å². The van der Waals surface area contributed by atoms with Crippen LogP contribution in [0.25, 0.3) is 0 Å². The number of nitrogens with one attached hydrogen (secondary N) is 3. The van der Waals surface area contributed by atoms with Gasteiger partial charge < -0.3 is 15.6 Å². The second-order valence-corrected chi connectivity index (χ2v) is 6.20. The molecule has 0 aliphatic carbocycles. The molecular formula is C17H25N5O2. The van der Waals surface area contributed by atoms with Crippen molar-refractivity contribution in [3.05, 3.63) is 50.2 Å². The number of urea groups is 1. The highest BCUT2D eigenvalue weighted by Crippen LogP contribution is 2.20. The van der Waals surface area contributed by atoms with E-state index >= 15 is 0 Å². The summed E-state index contributed by atoms with van der Waals surface area (Å²) in [6, 6.07) is 1.40. The molecule has 0 saturated heterocycles. The molecule has 2 aromatic heterocycles. The molecule has 3 N–H and O–H groups in total. The Morgan fingerprint density at radius 2 is 2.00 bits per heavy atom. The average molecular weight is 331 g/mol. The van der Waals surface area contributed by atoms with Crippen LogP contribution in [-0.2, 0) is 13.6 Å². The number of nitrogens with zero attached hydrogens (tertiary/aromatic N) is 2. The van der Waals surface area contributed by atoms with Gasteiger partial charge in [-0.1, -0.05) is 0 Å². The van der Waals surface area contributed by atoms with Crippen LogP contribution in [0.3, 0.4) is 0 Å². The van der Waals surface area contributed by atoms with E-state index in [1.165, 1.54) is 0 Å². The summed E-state index contributed by atoms with van der Waals surface area (Å²) in [4.78, 5) is 26.9. The van der Waals surface area contributed by atoms with E-state index in [1.807, 2.05) is 47.7 Å². The van der Waals surface area contributed by atoms with E-state index in [2.05, 4.69) is 20.7 Å². The van der Waals surface area contributed by atoms with Crippen molar-refractivity contribution in [3.8, 4) is 0 Å². The first-order valence-corrected chi connectivity index (χ1v) is 7.94.